The fraction of sp³-hybridized carbons (Fsp3) is 0.583. The van der Waals surface area contributed by atoms with Crippen molar-refractivity contribution in [3.8, 4) is 0 Å². The summed E-state index contributed by atoms with van der Waals surface area (Å²) in [6.45, 7) is 0. The fourth-order valence-electron chi connectivity index (χ4n) is 2.50. The molecule has 0 amide bonds. The number of imidazole rings is 1. The molecule has 8 heteroatoms. The molecule has 1 aliphatic rings. The van der Waals surface area contributed by atoms with Gasteiger partial charge in [0.1, 0.15) is 5.52 Å². The van der Waals surface area contributed by atoms with E-state index < -0.39 is 12.0 Å². The molecular formula is C12H14F3N5. The van der Waals surface area contributed by atoms with Crippen molar-refractivity contribution >= 4 is 17.0 Å². The molecule has 0 aliphatic heterocycles. The quantitative estimate of drug-likeness (QED) is 0.921. The molecule has 0 aromatic carbocycles. The number of aryl methyl sites for hydroxylation is 1. The minimum atomic E-state index is -4.56. The van der Waals surface area contributed by atoms with Crippen molar-refractivity contribution in [3.05, 3.63) is 12.2 Å². The van der Waals surface area contributed by atoms with Crippen LogP contribution in [-0.4, -0.2) is 25.6 Å². The molecule has 2 aromatic rings. The summed E-state index contributed by atoms with van der Waals surface area (Å²) in [5.41, 5.74) is 0.570. The normalized spacial score (nSPS) is 17.0. The predicted octanol–water partition coefficient (Wildman–Crippen LogP) is 2.74. The highest BCUT2D eigenvalue weighted by atomic mass is 19.4. The molecule has 1 fully saturated rings. The van der Waals surface area contributed by atoms with Gasteiger partial charge in [-0.2, -0.15) is 13.2 Å². The summed E-state index contributed by atoms with van der Waals surface area (Å²) in [6, 6.07) is 0.163. The average Bonchev–Trinajstić information content (AvgIpc) is 2.99. The first-order valence-corrected chi connectivity index (χ1v) is 6.48. The standard InChI is InChI=1S/C12H14F3N5/c1-20-6-16-8-9(17-7-4-2-3-5-7)18-11(12(13,14)15)19-10(8)20/h6-7H,2-5H2,1H3,(H,17,18,19). The zero-order valence-corrected chi connectivity index (χ0v) is 10.9. The monoisotopic (exact) mass is 285 g/mol. The maximum atomic E-state index is 12.9. The third kappa shape index (κ3) is 2.30. The number of rotatable bonds is 2. The Morgan fingerprint density at radius 3 is 2.60 bits per heavy atom. The molecule has 3 rings (SSSR count). The van der Waals surface area contributed by atoms with Gasteiger partial charge in [-0.05, 0) is 12.8 Å². The lowest BCUT2D eigenvalue weighted by atomic mass is 10.2. The Morgan fingerprint density at radius 2 is 1.95 bits per heavy atom. The number of alkyl halides is 3. The Morgan fingerprint density at radius 1 is 1.25 bits per heavy atom. The summed E-state index contributed by atoms with van der Waals surface area (Å²) in [5.74, 6) is -0.955. The molecule has 0 saturated heterocycles. The van der Waals surface area contributed by atoms with E-state index in [4.69, 9.17) is 0 Å². The van der Waals surface area contributed by atoms with Crippen molar-refractivity contribution in [3.63, 3.8) is 0 Å². The molecule has 1 aliphatic carbocycles. The molecule has 0 spiro atoms. The van der Waals surface area contributed by atoms with Crippen LogP contribution in [0.1, 0.15) is 31.5 Å². The number of hydrogen-bond donors (Lipinski definition) is 1. The topological polar surface area (TPSA) is 55.6 Å². The molecule has 0 bridgehead atoms. The smallest absolute Gasteiger partial charge is 0.365 e. The zero-order chi connectivity index (χ0) is 14.3. The van der Waals surface area contributed by atoms with Gasteiger partial charge >= 0.3 is 6.18 Å². The highest BCUT2D eigenvalue weighted by molar-refractivity contribution is 5.83. The van der Waals surface area contributed by atoms with Crippen molar-refractivity contribution in [1.82, 2.24) is 19.5 Å². The van der Waals surface area contributed by atoms with E-state index in [0.717, 1.165) is 25.7 Å². The van der Waals surface area contributed by atoms with Crippen molar-refractivity contribution in [2.75, 3.05) is 5.32 Å². The van der Waals surface area contributed by atoms with Gasteiger partial charge in [0.2, 0.25) is 5.82 Å². The minimum absolute atomic E-state index is 0.163. The van der Waals surface area contributed by atoms with Gasteiger partial charge in [-0.25, -0.2) is 15.0 Å². The second-order valence-corrected chi connectivity index (χ2v) is 5.05. The summed E-state index contributed by atoms with van der Waals surface area (Å²) in [7, 11) is 1.61. The first kappa shape index (κ1) is 13.1. The highest BCUT2D eigenvalue weighted by Gasteiger charge is 2.36. The zero-order valence-electron chi connectivity index (χ0n) is 10.9. The molecule has 1 saturated carbocycles. The van der Waals surface area contributed by atoms with E-state index in [1.165, 1.54) is 10.9 Å². The maximum absolute atomic E-state index is 12.9. The number of nitrogens with zero attached hydrogens (tertiary/aromatic N) is 4. The molecular weight excluding hydrogens is 271 g/mol. The number of halogens is 3. The summed E-state index contributed by atoms with van der Waals surface area (Å²) in [4.78, 5) is 11.3. The fourth-order valence-corrected chi connectivity index (χ4v) is 2.50. The molecule has 1 N–H and O–H groups in total. The summed E-state index contributed by atoms with van der Waals surface area (Å²) >= 11 is 0. The second-order valence-electron chi connectivity index (χ2n) is 5.05. The van der Waals surface area contributed by atoms with Gasteiger partial charge in [-0.15, -0.1) is 0 Å². The van der Waals surface area contributed by atoms with Gasteiger partial charge < -0.3 is 9.88 Å². The lowest BCUT2D eigenvalue weighted by molar-refractivity contribution is -0.144. The molecule has 0 radical (unpaired) electrons. The lowest BCUT2D eigenvalue weighted by Crippen LogP contribution is -2.19. The first-order chi connectivity index (χ1) is 9.45. The predicted molar refractivity (Wildman–Crippen MR) is 67.2 cm³/mol. The van der Waals surface area contributed by atoms with E-state index in [2.05, 4.69) is 20.3 Å². The summed E-state index contributed by atoms with van der Waals surface area (Å²) < 4.78 is 40.1. The Labute approximate surface area is 113 Å². The van der Waals surface area contributed by atoms with Crippen LogP contribution in [0.3, 0.4) is 0 Å². The van der Waals surface area contributed by atoms with Gasteiger partial charge in [0.25, 0.3) is 0 Å². The van der Waals surface area contributed by atoms with Crippen LogP contribution in [0.25, 0.3) is 11.2 Å². The van der Waals surface area contributed by atoms with Crippen molar-refractivity contribution < 1.29 is 13.2 Å². The van der Waals surface area contributed by atoms with Gasteiger partial charge in [-0.1, -0.05) is 12.8 Å². The van der Waals surface area contributed by atoms with E-state index in [1.807, 2.05) is 0 Å². The van der Waals surface area contributed by atoms with Gasteiger partial charge in [0, 0.05) is 13.1 Å². The Balaban J connectivity index is 2.08. The van der Waals surface area contributed by atoms with E-state index in [9.17, 15) is 13.2 Å². The SMILES string of the molecule is Cn1cnc2c(NC3CCCC3)nc(C(F)(F)F)nc21. The second kappa shape index (κ2) is 4.60. The van der Waals surface area contributed by atoms with Crippen LogP contribution in [0, 0.1) is 0 Å². The number of fused-ring (bicyclic) bond motifs is 1. The maximum Gasteiger partial charge on any atom is 0.451 e. The largest absolute Gasteiger partial charge is 0.451 e. The van der Waals surface area contributed by atoms with E-state index in [0.29, 0.717) is 5.52 Å². The summed E-state index contributed by atoms with van der Waals surface area (Å²) in [6.07, 6.45) is 0.934. The van der Waals surface area contributed by atoms with Crippen LogP contribution in [-0.2, 0) is 13.2 Å². The average molecular weight is 285 g/mol. The van der Waals surface area contributed by atoms with Crippen LogP contribution in [0.4, 0.5) is 19.0 Å². The van der Waals surface area contributed by atoms with Crippen LogP contribution >= 0.6 is 0 Å². The Bertz CT molecular complexity index is 628. The number of anilines is 1. The van der Waals surface area contributed by atoms with Crippen LogP contribution in [0.15, 0.2) is 6.33 Å². The van der Waals surface area contributed by atoms with Crippen LogP contribution in [0.5, 0.6) is 0 Å². The van der Waals surface area contributed by atoms with E-state index in [-0.39, 0.29) is 17.5 Å². The highest BCUT2D eigenvalue weighted by Crippen LogP contribution is 2.31. The van der Waals surface area contributed by atoms with Crippen molar-refractivity contribution in [2.24, 2.45) is 7.05 Å². The van der Waals surface area contributed by atoms with Gasteiger partial charge in [0.15, 0.2) is 11.5 Å². The molecule has 5 nitrogen and oxygen atoms in total. The molecule has 108 valence electrons. The molecule has 0 unspecified atom stereocenters. The molecule has 0 atom stereocenters. The third-order valence-corrected chi connectivity index (χ3v) is 3.51. The molecule has 20 heavy (non-hydrogen) atoms. The van der Waals surface area contributed by atoms with Gasteiger partial charge in [-0.3, -0.25) is 0 Å². The van der Waals surface area contributed by atoms with Gasteiger partial charge in [0.05, 0.1) is 6.33 Å². The first-order valence-electron chi connectivity index (χ1n) is 6.48. The van der Waals surface area contributed by atoms with Crippen LogP contribution < -0.4 is 5.32 Å². The molecule has 2 aromatic heterocycles. The van der Waals surface area contributed by atoms with E-state index >= 15 is 0 Å². The number of nitrogens with one attached hydrogen (secondary N) is 1. The Kier molecular flexibility index (Phi) is 3.02. The molecule has 2 heterocycles. The summed E-state index contributed by atoms with van der Waals surface area (Å²) in [5, 5.41) is 3.08. The minimum Gasteiger partial charge on any atom is -0.365 e. The van der Waals surface area contributed by atoms with Crippen LogP contribution in [0.2, 0.25) is 0 Å². The van der Waals surface area contributed by atoms with E-state index in [1.54, 1.807) is 7.05 Å². The number of hydrogen-bond acceptors (Lipinski definition) is 4. The Hall–Kier alpha value is -1.86. The van der Waals surface area contributed by atoms with Crippen molar-refractivity contribution in [1.29, 1.82) is 0 Å². The number of aromatic nitrogens is 4. The van der Waals surface area contributed by atoms with Crippen molar-refractivity contribution in [2.45, 2.75) is 37.9 Å². The lowest BCUT2D eigenvalue weighted by Gasteiger charge is -2.14. The third-order valence-electron chi connectivity index (χ3n) is 3.51.